The second kappa shape index (κ2) is 8.33. The Kier molecular flexibility index (Phi) is 5.60. The van der Waals surface area contributed by atoms with Crippen molar-refractivity contribution in [2.24, 2.45) is 0 Å². The Morgan fingerprint density at radius 2 is 1.87 bits per heavy atom. The fourth-order valence-corrected chi connectivity index (χ4v) is 4.17. The third-order valence-electron chi connectivity index (χ3n) is 4.01. The number of nitrogens with zero attached hydrogens (tertiary/aromatic N) is 3. The van der Waals surface area contributed by atoms with E-state index in [1.165, 1.54) is 17.4 Å². The molecule has 1 aromatic carbocycles. The molecule has 0 spiro atoms. The van der Waals surface area contributed by atoms with Gasteiger partial charge in [0, 0.05) is 22.5 Å². The van der Waals surface area contributed by atoms with Gasteiger partial charge in [0.1, 0.15) is 5.01 Å². The number of pyridine rings is 1. The number of carbonyl (C=O) groups excluding carboxylic acids is 1. The molecule has 0 aliphatic rings. The zero-order valence-corrected chi connectivity index (χ0v) is 16.8. The van der Waals surface area contributed by atoms with Crippen LogP contribution in [-0.4, -0.2) is 20.9 Å². The van der Waals surface area contributed by atoms with Crippen LogP contribution in [-0.2, 0) is 17.4 Å². The van der Waals surface area contributed by atoms with Gasteiger partial charge >= 0.3 is 6.18 Å². The number of hydrogen-bond acceptors (Lipinski definition) is 6. The number of aromatic nitrogens is 3. The third-order valence-corrected chi connectivity index (χ3v) is 5.68. The molecule has 4 aromatic rings. The van der Waals surface area contributed by atoms with Crippen LogP contribution in [0.5, 0.6) is 0 Å². The fraction of sp³-hybridized carbons (Fsp3) is 0.100. The van der Waals surface area contributed by atoms with Crippen LogP contribution < -0.4 is 5.32 Å². The van der Waals surface area contributed by atoms with Crippen LogP contribution in [0.4, 0.5) is 18.3 Å². The van der Waals surface area contributed by atoms with E-state index in [1.807, 2.05) is 18.2 Å². The molecule has 3 aromatic heterocycles. The average molecular weight is 446 g/mol. The summed E-state index contributed by atoms with van der Waals surface area (Å²) in [6, 6.07) is 10.4. The number of hydrogen-bond donors (Lipinski definition) is 1. The van der Waals surface area contributed by atoms with Gasteiger partial charge in [-0.1, -0.05) is 18.2 Å². The topological polar surface area (TPSA) is 67.8 Å². The summed E-state index contributed by atoms with van der Waals surface area (Å²) in [4.78, 5) is 25.2. The van der Waals surface area contributed by atoms with Crippen molar-refractivity contribution in [3.05, 3.63) is 70.7 Å². The van der Waals surface area contributed by atoms with E-state index < -0.39 is 11.7 Å². The highest BCUT2D eigenvalue weighted by molar-refractivity contribution is 7.14. The summed E-state index contributed by atoms with van der Waals surface area (Å²) in [5.41, 5.74) is 1.30. The summed E-state index contributed by atoms with van der Waals surface area (Å²) >= 11 is 2.54. The van der Waals surface area contributed by atoms with Gasteiger partial charge in [0.15, 0.2) is 5.13 Å². The van der Waals surface area contributed by atoms with E-state index in [0.29, 0.717) is 22.1 Å². The Balaban J connectivity index is 1.42. The number of alkyl halides is 3. The molecule has 0 aliphatic heterocycles. The zero-order chi connectivity index (χ0) is 21.1. The lowest BCUT2D eigenvalue weighted by Crippen LogP contribution is -2.14. The Hall–Kier alpha value is -3.11. The minimum atomic E-state index is -4.43. The van der Waals surface area contributed by atoms with Crippen LogP contribution in [0.25, 0.3) is 22.0 Å². The van der Waals surface area contributed by atoms with E-state index in [1.54, 1.807) is 23.0 Å². The fourth-order valence-electron chi connectivity index (χ4n) is 2.64. The van der Waals surface area contributed by atoms with Crippen molar-refractivity contribution < 1.29 is 18.0 Å². The van der Waals surface area contributed by atoms with E-state index in [0.717, 1.165) is 34.2 Å². The second-order valence-electron chi connectivity index (χ2n) is 6.20. The molecule has 4 rings (SSSR count). The number of thiazole rings is 2. The largest absolute Gasteiger partial charge is 0.416 e. The molecular weight excluding hydrogens is 433 g/mol. The third kappa shape index (κ3) is 4.71. The molecule has 1 N–H and O–H groups in total. The highest BCUT2D eigenvalue weighted by Crippen LogP contribution is 2.33. The van der Waals surface area contributed by atoms with Crippen LogP contribution in [0.15, 0.2) is 59.4 Å². The van der Waals surface area contributed by atoms with Crippen molar-refractivity contribution >= 4 is 33.7 Å². The lowest BCUT2D eigenvalue weighted by molar-refractivity contribution is -0.137. The van der Waals surface area contributed by atoms with Crippen molar-refractivity contribution in [2.75, 3.05) is 5.32 Å². The molecule has 30 heavy (non-hydrogen) atoms. The summed E-state index contributed by atoms with van der Waals surface area (Å²) < 4.78 is 38.7. The number of carbonyl (C=O) groups is 1. The van der Waals surface area contributed by atoms with E-state index >= 15 is 0 Å². The zero-order valence-electron chi connectivity index (χ0n) is 15.2. The van der Waals surface area contributed by atoms with E-state index in [2.05, 4.69) is 20.3 Å². The maximum absolute atomic E-state index is 12.9. The number of amides is 1. The maximum atomic E-state index is 12.9. The molecule has 0 radical (unpaired) electrons. The van der Waals surface area contributed by atoms with Gasteiger partial charge in [0.05, 0.1) is 29.1 Å². The highest BCUT2D eigenvalue weighted by Gasteiger charge is 2.30. The first kappa shape index (κ1) is 20.2. The van der Waals surface area contributed by atoms with Crippen molar-refractivity contribution in [3.63, 3.8) is 0 Å². The van der Waals surface area contributed by atoms with Crippen LogP contribution >= 0.6 is 22.7 Å². The molecule has 0 atom stereocenters. The molecule has 0 fully saturated rings. The minimum Gasteiger partial charge on any atom is -0.302 e. The quantitative estimate of drug-likeness (QED) is 0.438. The lowest BCUT2D eigenvalue weighted by Gasteiger charge is -2.07. The van der Waals surface area contributed by atoms with Crippen LogP contribution in [0.3, 0.4) is 0 Å². The van der Waals surface area contributed by atoms with E-state index in [-0.39, 0.29) is 12.3 Å². The van der Waals surface area contributed by atoms with Crippen molar-refractivity contribution in [1.82, 2.24) is 15.0 Å². The first-order valence-corrected chi connectivity index (χ1v) is 10.4. The van der Waals surface area contributed by atoms with Crippen LogP contribution in [0.2, 0.25) is 0 Å². The summed E-state index contributed by atoms with van der Waals surface area (Å²) in [7, 11) is 0. The molecule has 0 aliphatic carbocycles. The molecule has 0 unspecified atom stereocenters. The smallest absolute Gasteiger partial charge is 0.302 e. The predicted molar refractivity (Wildman–Crippen MR) is 110 cm³/mol. The summed E-state index contributed by atoms with van der Waals surface area (Å²) in [5.74, 6) is -0.308. The van der Waals surface area contributed by atoms with Gasteiger partial charge in [-0.05, 0) is 24.3 Å². The summed E-state index contributed by atoms with van der Waals surface area (Å²) in [6.45, 7) is 0. The van der Waals surface area contributed by atoms with Gasteiger partial charge in [-0.25, -0.2) is 9.97 Å². The summed E-state index contributed by atoms with van der Waals surface area (Å²) in [5, 5.41) is 7.10. The summed E-state index contributed by atoms with van der Waals surface area (Å²) in [6.07, 6.45) is -2.69. The molecular formula is C20H13F3N4OS2. The lowest BCUT2D eigenvalue weighted by atomic mass is 10.1. The Labute approximate surface area is 177 Å². The second-order valence-corrected chi connectivity index (χ2v) is 7.92. The first-order chi connectivity index (χ1) is 14.4. The van der Waals surface area contributed by atoms with Gasteiger partial charge in [0.2, 0.25) is 5.91 Å². The predicted octanol–water partition coefficient (Wildman–Crippen LogP) is 5.53. The normalized spacial score (nSPS) is 11.4. The molecule has 0 saturated carbocycles. The van der Waals surface area contributed by atoms with Crippen LogP contribution in [0, 0.1) is 0 Å². The van der Waals surface area contributed by atoms with Crippen molar-refractivity contribution in [3.8, 4) is 22.0 Å². The number of rotatable bonds is 5. The minimum absolute atomic E-state index is 0.0573. The SMILES string of the molecule is O=C(Cc1csc(-c2ccccn2)n1)Nc1nc(-c2cccc(C(F)(F)F)c2)cs1. The first-order valence-electron chi connectivity index (χ1n) is 8.67. The van der Waals surface area contributed by atoms with Gasteiger partial charge in [0.25, 0.3) is 0 Å². The monoisotopic (exact) mass is 446 g/mol. The molecule has 3 heterocycles. The number of halogens is 3. The Morgan fingerprint density at radius 3 is 2.63 bits per heavy atom. The van der Waals surface area contributed by atoms with Gasteiger partial charge in [-0.2, -0.15) is 13.2 Å². The highest BCUT2D eigenvalue weighted by atomic mass is 32.1. The van der Waals surface area contributed by atoms with E-state index in [4.69, 9.17) is 0 Å². The van der Waals surface area contributed by atoms with Crippen molar-refractivity contribution in [2.45, 2.75) is 12.6 Å². The molecule has 0 saturated heterocycles. The Morgan fingerprint density at radius 1 is 1.00 bits per heavy atom. The molecule has 152 valence electrons. The molecule has 0 bridgehead atoms. The van der Waals surface area contributed by atoms with Crippen LogP contribution in [0.1, 0.15) is 11.3 Å². The molecule has 5 nitrogen and oxygen atoms in total. The number of nitrogens with one attached hydrogen (secondary N) is 1. The maximum Gasteiger partial charge on any atom is 0.416 e. The standard InChI is InChI=1S/C20H13F3N4OS2/c21-20(22,23)13-5-3-4-12(8-13)16-11-30-19(26-16)27-17(28)9-14-10-29-18(25-14)15-6-1-2-7-24-15/h1-8,10-11H,9H2,(H,26,27,28). The van der Waals surface area contributed by atoms with E-state index in [9.17, 15) is 18.0 Å². The van der Waals surface area contributed by atoms with Gasteiger partial charge in [-0.15, -0.1) is 22.7 Å². The van der Waals surface area contributed by atoms with Gasteiger partial charge in [-0.3, -0.25) is 9.78 Å². The van der Waals surface area contributed by atoms with Crippen molar-refractivity contribution in [1.29, 1.82) is 0 Å². The molecule has 1 amide bonds. The number of anilines is 1. The average Bonchev–Trinajstić information content (AvgIpc) is 3.38. The molecule has 10 heteroatoms. The Bertz CT molecular complexity index is 1170. The van der Waals surface area contributed by atoms with Gasteiger partial charge < -0.3 is 5.32 Å². The number of benzene rings is 1.